The Balaban J connectivity index is 1.66. The summed E-state index contributed by atoms with van der Waals surface area (Å²) in [5.41, 5.74) is 2.91. The van der Waals surface area contributed by atoms with Crippen LogP contribution in [0.3, 0.4) is 0 Å². The number of aromatic amines is 1. The number of benzene rings is 3. The molecule has 4 nitrogen and oxygen atoms in total. The van der Waals surface area contributed by atoms with Gasteiger partial charge < -0.3 is 9.72 Å². The number of hydrogen-bond acceptors (Lipinski definition) is 3. The van der Waals surface area contributed by atoms with Gasteiger partial charge >= 0.3 is 0 Å². The molecule has 0 aliphatic heterocycles. The molecule has 4 rings (SSSR count). The molecule has 0 unspecified atom stereocenters. The Labute approximate surface area is 196 Å². The fraction of sp³-hybridized carbons (Fsp3) is 0.0435. The van der Waals surface area contributed by atoms with Crippen LogP contribution in [0.2, 0.25) is 10.0 Å². The molecular weight excluding hydrogens is 504 g/mol. The summed E-state index contributed by atoms with van der Waals surface area (Å²) in [7, 11) is 0. The van der Waals surface area contributed by atoms with E-state index in [0.717, 1.165) is 10.0 Å². The summed E-state index contributed by atoms with van der Waals surface area (Å²) in [4.78, 5) is 7.38. The van der Waals surface area contributed by atoms with Crippen LogP contribution >= 0.6 is 39.1 Å². The van der Waals surface area contributed by atoms with E-state index in [4.69, 9.17) is 27.9 Å². The molecule has 0 saturated heterocycles. The molecule has 0 atom stereocenters. The molecule has 3 aromatic carbocycles. The van der Waals surface area contributed by atoms with Crippen molar-refractivity contribution in [2.24, 2.45) is 0 Å². The molecule has 0 aliphatic rings. The van der Waals surface area contributed by atoms with Crippen LogP contribution in [-0.4, -0.2) is 9.97 Å². The molecule has 4 aromatic rings. The standard InChI is InChI=1S/C23H13BrCl2FN3O/c24-16-2-6-22(31-12-13-1-4-18(25)19(26)7-13)14(9-16)8-15(11-28)23-29-20-5-3-17(27)10-21(20)30-23/h1-10H,12H2,(H,29,30)/b15-8-. The Morgan fingerprint density at radius 2 is 1.97 bits per heavy atom. The fourth-order valence-electron chi connectivity index (χ4n) is 2.97. The van der Waals surface area contributed by atoms with Crippen molar-refractivity contribution in [2.45, 2.75) is 6.61 Å². The molecule has 0 fully saturated rings. The molecular formula is C23H13BrCl2FN3O. The SMILES string of the molecule is N#C/C(=C/c1cc(Br)ccc1OCc1ccc(Cl)c(Cl)c1)c1nc2ccc(F)cc2[nH]1. The van der Waals surface area contributed by atoms with Crippen LogP contribution in [0.4, 0.5) is 4.39 Å². The van der Waals surface area contributed by atoms with E-state index in [2.05, 4.69) is 32.0 Å². The Morgan fingerprint density at radius 1 is 1.13 bits per heavy atom. The van der Waals surface area contributed by atoms with Gasteiger partial charge in [-0.25, -0.2) is 9.37 Å². The summed E-state index contributed by atoms with van der Waals surface area (Å²) in [6.45, 7) is 0.269. The summed E-state index contributed by atoms with van der Waals surface area (Å²) in [5, 5.41) is 10.6. The minimum atomic E-state index is -0.379. The number of nitrogens with zero attached hydrogens (tertiary/aromatic N) is 2. The van der Waals surface area contributed by atoms with Gasteiger partial charge in [0.25, 0.3) is 0 Å². The van der Waals surface area contributed by atoms with Gasteiger partial charge in [0.05, 0.1) is 26.7 Å². The van der Waals surface area contributed by atoms with Gasteiger partial charge in [-0.15, -0.1) is 0 Å². The number of aromatic nitrogens is 2. The van der Waals surface area contributed by atoms with Gasteiger partial charge in [0.15, 0.2) is 0 Å². The van der Waals surface area contributed by atoms with Gasteiger partial charge in [0.1, 0.15) is 30.1 Å². The minimum Gasteiger partial charge on any atom is -0.488 e. The van der Waals surface area contributed by atoms with Crippen molar-refractivity contribution in [1.82, 2.24) is 9.97 Å². The van der Waals surface area contributed by atoms with E-state index >= 15 is 0 Å². The highest BCUT2D eigenvalue weighted by Gasteiger charge is 2.11. The molecule has 8 heteroatoms. The topological polar surface area (TPSA) is 61.7 Å². The van der Waals surface area contributed by atoms with Gasteiger partial charge in [0.2, 0.25) is 0 Å². The molecule has 0 radical (unpaired) electrons. The smallest absolute Gasteiger partial charge is 0.149 e. The molecule has 0 spiro atoms. The van der Waals surface area contributed by atoms with Crippen molar-refractivity contribution in [3.05, 3.63) is 91.9 Å². The zero-order chi connectivity index (χ0) is 22.0. The second-order valence-corrected chi connectivity index (χ2v) is 8.37. The van der Waals surface area contributed by atoms with Crippen LogP contribution in [0.15, 0.2) is 59.1 Å². The number of allylic oxidation sites excluding steroid dienone is 1. The third kappa shape index (κ3) is 4.91. The summed E-state index contributed by atoms with van der Waals surface area (Å²) in [5.74, 6) is 0.540. The van der Waals surface area contributed by atoms with Gasteiger partial charge in [-0.1, -0.05) is 45.2 Å². The number of nitrogens with one attached hydrogen (secondary N) is 1. The highest BCUT2D eigenvalue weighted by atomic mass is 79.9. The lowest BCUT2D eigenvalue weighted by Crippen LogP contribution is -1.97. The van der Waals surface area contributed by atoms with Crippen molar-refractivity contribution < 1.29 is 9.13 Å². The third-order valence-electron chi connectivity index (χ3n) is 4.47. The maximum Gasteiger partial charge on any atom is 0.149 e. The first-order valence-electron chi connectivity index (χ1n) is 9.06. The van der Waals surface area contributed by atoms with E-state index < -0.39 is 0 Å². The molecule has 1 heterocycles. The van der Waals surface area contributed by atoms with E-state index in [1.54, 1.807) is 30.3 Å². The van der Waals surface area contributed by atoms with Crippen molar-refractivity contribution in [2.75, 3.05) is 0 Å². The predicted molar refractivity (Wildman–Crippen MR) is 124 cm³/mol. The molecule has 1 aromatic heterocycles. The number of H-pyrrole nitrogens is 1. The number of halogens is 4. The Hall–Kier alpha value is -2.85. The Kier molecular flexibility index (Phi) is 6.28. The molecule has 0 amide bonds. The van der Waals surface area contributed by atoms with E-state index in [-0.39, 0.29) is 18.0 Å². The molecule has 0 aliphatic carbocycles. The second kappa shape index (κ2) is 9.11. The van der Waals surface area contributed by atoms with Crippen LogP contribution in [0.5, 0.6) is 5.75 Å². The maximum atomic E-state index is 13.5. The van der Waals surface area contributed by atoms with E-state index in [9.17, 15) is 9.65 Å². The number of imidazole rings is 1. The van der Waals surface area contributed by atoms with Crippen LogP contribution < -0.4 is 4.74 Å². The maximum absolute atomic E-state index is 13.5. The molecule has 154 valence electrons. The van der Waals surface area contributed by atoms with Crippen LogP contribution in [0.25, 0.3) is 22.7 Å². The minimum absolute atomic E-state index is 0.269. The van der Waals surface area contributed by atoms with Gasteiger partial charge in [0, 0.05) is 10.0 Å². The number of hydrogen-bond donors (Lipinski definition) is 1. The Morgan fingerprint density at radius 3 is 2.74 bits per heavy atom. The van der Waals surface area contributed by atoms with E-state index in [1.165, 1.54) is 12.1 Å². The summed E-state index contributed by atoms with van der Waals surface area (Å²) < 4.78 is 20.3. The lowest BCUT2D eigenvalue weighted by Gasteiger charge is -2.11. The number of fused-ring (bicyclic) bond motifs is 1. The number of rotatable bonds is 5. The summed E-state index contributed by atoms with van der Waals surface area (Å²) in [6.07, 6.45) is 1.67. The Bertz CT molecular complexity index is 1360. The molecule has 0 bridgehead atoms. The van der Waals surface area contributed by atoms with Gasteiger partial charge in [-0.2, -0.15) is 5.26 Å². The molecule has 31 heavy (non-hydrogen) atoms. The third-order valence-corrected chi connectivity index (χ3v) is 5.70. The monoisotopic (exact) mass is 515 g/mol. The van der Waals surface area contributed by atoms with Crippen molar-refractivity contribution in [3.8, 4) is 11.8 Å². The first kappa shape index (κ1) is 21.4. The van der Waals surface area contributed by atoms with Gasteiger partial charge in [-0.3, -0.25) is 0 Å². The zero-order valence-electron chi connectivity index (χ0n) is 15.8. The van der Waals surface area contributed by atoms with Crippen molar-refractivity contribution in [3.63, 3.8) is 0 Å². The highest BCUT2D eigenvalue weighted by molar-refractivity contribution is 9.10. The first-order valence-corrected chi connectivity index (χ1v) is 10.6. The summed E-state index contributed by atoms with van der Waals surface area (Å²) in [6, 6.07) is 17.1. The largest absolute Gasteiger partial charge is 0.488 e. The average molecular weight is 517 g/mol. The van der Waals surface area contributed by atoms with Gasteiger partial charge in [-0.05, 0) is 60.2 Å². The number of ether oxygens (including phenoxy) is 1. The van der Waals surface area contributed by atoms with Crippen LogP contribution in [0.1, 0.15) is 17.0 Å². The zero-order valence-corrected chi connectivity index (χ0v) is 18.9. The predicted octanol–water partition coefficient (Wildman–Crippen LogP) is 7.41. The normalized spacial score (nSPS) is 11.5. The van der Waals surface area contributed by atoms with E-state index in [0.29, 0.717) is 38.2 Å². The highest BCUT2D eigenvalue weighted by Crippen LogP contribution is 2.29. The quantitative estimate of drug-likeness (QED) is 0.281. The second-order valence-electron chi connectivity index (χ2n) is 6.64. The van der Waals surface area contributed by atoms with Crippen LogP contribution in [0, 0.1) is 17.1 Å². The number of nitriles is 1. The summed E-state index contributed by atoms with van der Waals surface area (Å²) >= 11 is 15.5. The van der Waals surface area contributed by atoms with E-state index in [1.807, 2.05) is 18.2 Å². The first-order chi connectivity index (χ1) is 14.9. The lowest BCUT2D eigenvalue weighted by atomic mass is 10.1. The fourth-order valence-corrected chi connectivity index (χ4v) is 3.67. The average Bonchev–Trinajstić information content (AvgIpc) is 3.16. The molecule has 0 saturated carbocycles. The van der Waals surface area contributed by atoms with Crippen molar-refractivity contribution >= 4 is 61.8 Å². The van der Waals surface area contributed by atoms with Crippen molar-refractivity contribution in [1.29, 1.82) is 5.26 Å². The lowest BCUT2D eigenvalue weighted by molar-refractivity contribution is 0.305. The van der Waals surface area contributed by atoms with Crippen LogP contribution in [-0.2, 0) is 6.61 Å². The molecule has 1 N–H and O–H groups in total.